The SMILES string of the molecule is [2H]N1C([2H])([2H])CC([2H])([2H])OP1(=O)N(C([2H])([2H])CCl)C([2H])([2H])CCl. The lowest BCUT2D eigenvalue weighted by molar-refractivity contribution is 0.233. The van der Waals surface area contributed by atoms with Gasteiger partial charge in [-0.3, -0.25) is 4.57 Å². The van der Waals surface area contributed by atoms with Gasteiger partial charge >= 0.3 is 7.67 Å². The number of nitrogens with one attached hydrogen (secondary N) is 1. The zero-order valence-electron chi connectivity index (χ0n) is 16.0. The Kier molecular flexibility index (Phi) is 2.21. The lowest BCUT2D eigenvalue weighted by Crippen LogP contribution is -2.35. The Hall–Kier alpha value is 0.690. The molecule has 14 heavy (non-hydrogen) atoms. The summed E-state index contributed by atoms with van der Waals surface area (Å²) in [5.41, 5.74) is 0. The minimum absolute atomic E-state index is 0.0885. The van der Waals surface area contributed by atoms with Crippen LogP contribution in [-0.4, -0.2) is 42.5 Å². The number of rotatable bonds is 5. The van der Waals surface area contributed by atoms with Crippen molar-refractivity contribution in [3.05, 3.63) is 0 Å². The fourth-order valence-electron chi connectivity index (χ4n) is 0.727. The first-order valence-corrected chi connectivity index (χ1v) is 6.19. The Bertz CT molecular complexity index is 492. The van der Waals surface area contributed by atoms with Gasteiger partial charge in [0.2, 0.25) is 0 Å². The summed E-state index contributed by atoms with van der Waals surface area (Å²) in [6, 6.07) is 0. The number of hydrogen-bond acceptors (Lipinski definition) is 2. The maximum atomic E-state index is 13.1. The van der Waals surface area contributed by atoms with Gasteiger partial charge < -0.3 is 4.52 Å². The van der Waals surface area contributed by atoms with Gasteiger partial charge in [0.05, 0.1) is 9.30 Å². The quantitative estimate of drug-likeness (QED) is 0.612. The molecular formula is C7H15Cl2N2O2P. The second-order valence-electron chi connectivity index (χ2n) is 2.06. The third-order valence-electron chi connectivity index (χ3n) is 1.20. The lowest BCUT2D eigenvalue weighted by Gasteiger charge is -2.33. The highest BCUT2D eigenvalue weighted by Gasteiger charge is 2.32. The van der Waals surface area contributed by atoms with Crippen molar-refractivity contribution in [3.63, 3.8) is 0 Å². The van der Waals surface area contributed by atoms with Crippen LogP contribution in [0.3, 0.4) is 0 Å². The second-order valence-corrected chi connectivity index (χ2v) is 4.35. The molecule has 0 aromatic carbocycles. The molecule has 0 aromatic rings. The smallest absolute Gasteiger partial charge is 0.306 e. The largest absolute Gasteiger partial charge is 0.343 e. The van der Waals surface area contributed by atoms with E-state index in [4.69, 9.17) is 35.6 Å². The fraction of sp³-hybridized carbons (Fsp3) is 1.00. The Morgan fingerprint density at radius 3 is 2.86 bits per heavy atom. The highest BCUT2D eigenvalue weighted by atomic mass is 35.5. The van der Waals surface area contributed by atoms with Gasteiger partial charge in [-0.15, -0.1) is 23.2 Å². The van der Waals surface area contributed by atoms with Gasteiger partial charge in [-0.2, -0.15) is 0 Å². The molecule has 84 valence electrons. The molecule has 1 rings (SSSR count). The summed E-state index contributed by atoms with van der Waals surface area (Å²) < 4.78 is 86.7. The average molecular weight is 270 g/mol. The minimum atomic E-state index is -5.17. The summed E-state index contributed by atoms with van der Waals surface area (Å²) in [6.07, 6.45) is -0.977. The zero-order chi connectivity index (χ0) is 18.5. The van der Waals surface area contributed by atoms with Crippen LogP contribution in [0.5, 0.6) is 0 Å². The van der Waals surface area contributed by atoms with E-state index in [1.54, 1.807) is 0 Å². The molecule has 7 heteroatoms. The Labute approximate surface area is 107 Å². The molecule has 0 aliphatic carbocycles. The fourth-order valence-corrected chi connectivity index (χ4v) is 2.33. The molecule has 0 aromatic heterocycles. The Balaban J connectivity index is 3.58. The van der Waals surface area contributed by atoms with Crippen LogP contribution in [0.1, 0.15) is 17.4 Å². The summed E-state index contributed by atoms with van der Waals surface area (Å²) >= 11 is 10.9. The predicted molar refractivity (Wildman–Crippen MR) is 59.2 cm³/mol. The molecule has 1 aliphatic rings. The first kappa shape index (κ1) is 4.91. The molecule has 0 amide bonds. The monoisotopic (exact) mass is 269 g/mol. The van der Waals surface area contributed by atoms with Gasteiger partial charge in [-0.25, -0.2) is 9.75 Å². The van der Waals surface area contributed by atoms with Crippen molar-refractivity contribution in [1.82, 2.24) is 9.75 Å². The summed E-state index contributed by atoms with van der Waals surface area (Å²) in [5, 5.41) is -0.254. The number of nitrogens with zero attached hydrogens (tertiary/aromatic N) is 1. The summed E-state index contributed by atoms with van der Waals surface area (Å²) in [6.45, 7) is -11.4. The maximum absolute atomic E-state index is 13.1. The van der Waals surface area contributed by atoms with Crippen molar-refractivity contribution < 1.29 is 21.5 Å². The third-order valence-corrected chi connectivity index (χ3v) is 2.99. The van der Waals surface area contributed by atoms with Crippen molar-refractivity contribution >= 4 is 30.9 Å². The maximum Gasteiger partial charge on any atom is 0.343 e. The van der Waals surface area contributed by atoms with E-state index in [-0.39, 0.29) is 9.75 Å². The van der Waals surface area contributed by atoms with Crippen molar-refractivity contribution in [1.29, 1.82) is 0 Å². The number of hydrogen-bond donors (Lipinski definition) is 1. The first-order valence-electron chi connectivity index (χ1n) is 8.04. The standard InChI is InChI=1S/C7H15Cl2N2O2P/c8-2-5-11(6-3-9)14(12)10-4-1-7-13-14/h1-7H2,(H,10,12)/i4D2,5D2,6D2,7D2/hD. The summed E-state index contributed by atoms with van der Waals surface area (Å²) in [7, 11) is -5.17. The molecule has 1 saturated heterocycles. The number of alkyl halides is 2. The van der Waals surface area contributed by atoms with Crippen LogP contribution in [-0.2, 0) is 9.09 Å². The molecule has 1 aliphatic heterocycles. The van der Waals surface area contributed by atoms with E-state index in [2.05, 4.69) is 4.52 Å². The minimum Gasteiger partial charge on any atom is -0.306 e. The predicted octanol–water partition coefficient (Wildman–Crippen LogP) is 1.88. The van der Waals surface area contributed by atoms with Crippen LogP contribution in [0, 0.1) is 0 Å². The Morgan fingerprint density at radius 1 is 1.64 bits per heavy atom. The first-order chi connectivity index (χ1) is 10.1. The van der Waals surface area contributed by atoms with E-state index >= 15 is 0 Å². The van der Waals surface area contributed by atoms with E-state index in [1.807, 2.05) is 0 Å². The van der Waals surface area contributed by atoms with Crippen molar-refractivity contribution in [2.24, 2.45) is 0 Å². The Morgan fingerprint density at radius 2 is 2.29 bits per heavy atom. The molecule has 4 nitrogen and oxygen atoms in total. The van der Waals surface area contributed by atoms with Crippen molar-refractivity contribution in [2.75, 3.05) is 37.8 Å². The normalized spacial score (nSPS) is 48.4. The van der Waals surface area contributed by atoms with Gasteiger partial charge in [-0.05, 0) is 6.42 Å². The van der Waals surface area contributed by atoms with Crippen molar-refractivity contribution in [2.45, 2.75) is 6.42 Å². The van der Waals surface area contributed by atoms with E-state index in [1.165, 1.54) is 0 Å². The summed E-state index contributed by atoms with van der Waals surface area (Å²) in [5.74, 6) is -1.81. The molecule has 0 spiro atoms. The van der Waals surface area contributed by atoms with Crippen LogP contribution in [0.4, 0.5) is 0 Å². The van der Waals surface area contributed by atoms with E-state index in [0.717, 1.165) is 0 Å². The van der Waals surface area contributed by atoms with Crippen LogP contribution in [0.15, 0.2) is 0 Å². The van der Waals surface area contributed by atoms with Gasteiger partial charge in [-0.1, -0.05) is 0 Å². The average Bonchev–Trinajstić information content (AvgIpc) is 2.33. The van der Waals surface area contributed by atoms with Gasteiger partial charge in [0.1, 0.15) is 1.41 Å². The third kappa shape index (κ3) is 3.37. The zero-order valence-corrected chi connectivity index (χ0v) is 9.44. The lowest BCUT2D eigenvalue weighted by atomic mass is 10.5. The van der Waals surface area contributed by atoms with E-state index in [0.29, 0.717) is 0 Å². The van der Waals surface area contributed by atoms with E-state index < -0.39 is 51.9 Å². The van der Waals surface area contributed by atoms with Crippen LogP contribution in [0.2, 0.25) is 1.41 Å². The molecule has 1 unspecified atom stereocenters. The molecule has 0 bridgehead atoms. The van der Waals surface area contributed by atoms with Crippen LogP contribution in [0.25, 0.3) is 0 Å². The van der Waals surface area contributed by atoms with Gasteiger partial charge in [0.25, 0.3) is 0 Å². The molecular weight excluding hydrogens is 246 g/mol. The summed E-state index contributed by atoms with van der Waals surface area (Å²) in [4.78, 5) is 0. The molecule has 1 N–H and O–H groups in total. The molecule has 0 radical (unpaired) electrons. The van der Waals surface area contributed by atoms with Gasteiger partial charge in [0, 0.05) is 39.5 Å². The van der Waals surface area contributed by atoms with E-state index in [9.17, 15) is 4.57 Å². The van der Waals surface area contributed by atoms with Crippen LogP contribution >= 0.6 is 30.9 Å². The topological polar surface area (TPSA) is 41.6 Å². The highest BCUT2D eigenvalue weighted by molar-refractivity contribution is 7.54. The highest BCUT2D eigenvalue weighted by Crippen LogP contribution is 2.47. The molecule has 1 atom stereocenters. The van der Waals surface area contributed by atoms with Gasteiger partial charge in [0.15, 0.2) is 0 Å². The molecule has 0 saturated carbocycles. The second kappa shape index (κ2) is 6.31. The van der Waals surface area contributed by atoms with Crippen molar-refractivity contribution in [3.8, 4) is 0 Å². The molecule has 1 heterocycles. The van der Waals surface area contributed by atoms with Crippen LogP contribution < -0.4 is 5.08 Å². The number of halogens is 2. The molecule has 1 fully saturated rings.